The van der Waals surface area contributed by atoms with E-state index in [-0.39, 0.29) is 11.9 Å². The fraction of sp³-hybridized carbons (Fsp3) is 0.263. The van der Waals surface area contributed by atoms with Crippen LogP contribution in [0.1, 0.15) is 12.8 Å². The number of piperidine rings is 1. The van der Waals surface area contributed by atoms with Gasteiger partial charge in [-0.25, -0.2) is 4.68 Å². The lowest BCUT2D eigenvalue weighted by Gasteiger charge is -2.29. The van der Waals surface area contributed by atoms with Crippen molar-refractivity contribution in [3.8, 4) is 28.6 Å². The molecule has 2 aliphatic heterocycles. The summed E-state index contributed by atoms with van der Waals surface area (Å²) in [5.74, 6) is 0.607. The number of phenols is 1. The molecular formula is C19H18N6O2. The van der Waals surface area contributed by atoms with E-state index >= 15 is 0 Å². The van der Waals surface area contributed by atoms with E-state index in [1.54, 1.807) is 41.3 Å². The number of fused-ring (bicyclic) bond motifs is 2. The van der Waals surface area contributed by atoms with Crippen LogP contribution in [0.3, 0.4) is 0 Å². The molecule has 2 bridgehead atoms. The van der Waals surface area contributed by atoms with Gasteiger partial charge < -0.3 is 15.2 Å². The van der Waals surface area contributed by atoms with Gasteiger partial charge in [-0.3, -0.25) is 0 Å². The number of nitrogens with one attached hydrogen (secondary N) is 1. The van der Waals surface area contributed by atoms with E-state index in [9.17, 15) is 5.11 Å². The minimum Gasteiger partial charge on any atom is -0.507 e. The van der Waals surface area contributed by atoms with Gasteiger partial charge in [0.05, 0.1) is 23.8 Å². The van der Waals surface area contributed by atoms with Crippen molar-refractivity contribution in [2.24, 2.45) is 0 Å². The second kappa shape index (κ2) is 6.48. The van der Waals surface area contributed by atoms with Crippen LogP contribution in [0, 0.1) is 0 Å². The highest BCUT2D eigenvalue weighted by molar-refractivity contribution is 5.68. The second-order valence-electron chi connectivity index (χ2n) is 6.78. The number of nitrogens with zero attached hydrogens (tertiary/aromatic N) is 5. The lowest BCUT2D eigenvalue weighted by molar-refractivity contribution is 0.135. The van der Waals surface area contributed by atoms with Gasteiger partial charge in [0, 0.05) is 42.6 Å². The fourth-order valence-corrected chi connectivity index (χ4v) is 3.63. The molecule has 136 valence electrons. The Kier molecular flexibility index (Phi) is 3.83. The maximum Gasteiger partial charge on any atom is 0.233 e. The summed E-state index contributed by atoms with van der Waals surface area (Å²) < 4.78 is 7.57. The van der Waals surface area contributed by atoms with E-state index in [4.69, 9.17) is 4.74 Å². The molecule has 0 saturated carbocycles. The molecule has 2 aromatic heterocycles. The van der Waals surface area contributed by atoms with Crippen molar-refractivity contribution in [1.29, 1.82) is 0 Å². The standard InChI is InChI=1S/C19H18N6O2/c26-18-11-14(25-8-7-20-24-25)3-4-16(18)17-5-6-19(23-22-17)27-15-9-12-1-2-13(10-15)21-12/h1-8,11-13,15,21,26H,9-10H2/t12-,13+,15?. The third kappa shape index (κ3) is 3.15. The zero-order chi connectivity index (χ0) is 18.2. The Bertz CT molecular complexity index is 956. The van der Waals surface area contributed by atoms with Crippen molar-refractivity contribution in [3.05, 3.63) is 54.9 Å². The summed E-state index contributed by atoms with van der Waals surface area (Å²) in [6, 6.07) is 9.63. The summed E-state index contributed by atoms with van der Waals surface area (Å²) in [5.41, 5.74) is 1.90. The topological polar surface area (TPSA) is 98.0 Å². The normalized spacial score (nSPS) is 23.5. The van der Waals surface area contributed by atoms with Crippen LogP contribution in [0.4, 0.5) is 0 Å². The molecule has 5 rings (SSSR count). The number of aromatic hydroxyl groups is 1. The average Bonchev–Trinajstić information content (AvgIpc) is 3.32. The zero-order valence-electron chi connectivity index (χ0n) is 14.4. The maximum absolute atomic E-state index is 10.4. The van der Waals surface area contributed by atoms with Crippen LogP contribution in [-0.4, -0.2) is 48.5 Å². The number of ether oxygens (including phenoxy) is 1. The molecule has 2 aliphatic rings. The third-order valence-corrected chi connectivity index (χ3v) is 4.91. The van der Waals surface area contributed by atoms with E-state index < -0.39 is 0 Å². The molecule has 27 heavy (non-hydrogen) atoms. The van der Waals surface area contributed by atoms with Gasteiger partial charge in [0.25, 0.3) is 0 Å². The van der Waals surface area contributed by atoms with Gasteiger partial charge in [-0.1, -0.05) is 17.4 Å². The first-order valence-electron chi connectivity index (χ1n) is 8.89. The molecule has 0 aliphatic carbocycles. The first kappa shape index (κ1) is 16.0. The molecule has 0 amide bonds. The van der Waals surface area contributed by atoms with Crippen LogP contribution in [0.15, 0.2) is 54.9 Å². The Morgan fingerprint density at radius 3 is 2.59 bits per heavy atom. The molecule has 1 unspecified atom stereocenters. The average molecular weight is 362 g/mol. The van der Waals surface area contributed by atoms with Crippen molar-refractivity contribution < 1.29 is 9.84 Å². The SMILES string of the molecule is Oc1cc(-n2ccnn2)ccc1-c1ccc(OC2C[C@H]3C=C[C@@H](C2)N3)nn1. The first-order chi connectivity index (χ1) is 13.2. The molecule has 1 fully saturated rings. The number of hydrogen-bond donors (Lipinski definition) is 2. The third-order valence-electron chi connectivity index (χ3n) is 4.91. The summed E-state index contributed by atoms with van der Waals surface area (Å²) in [6.45, 7) is 0. The molecule has 1 saturated heterocycles. The monoisotopic (exact) mass is 362 g/mol. The van der Waals surface area contributed by atoms with E-state index in [0.717, 1.165) is 18.5 Å². The molecule has 8 heteroatoms. The van der Waals surface area contributed by atoms with Gasteiger partial charge >= 0.3 is 0 Å². The Morgan fingerprint density at radius 2 is 1.93 bits per heavy atom. The van der Waals surface area contributed by atoms with Gasteiger partial charge in [-0.2, -0.15) is 0 Å². The van der Waals surface area contributed by atoms with Gasteiger partial charge in [0.2, 0.25) is 5.88 Å². The Morgan fingerprint density at radius 1 is 1.07 bits per heavy atom. The molecule has 2 N–H and O–H groups in total. The molecule has 3 atom stereocenters. The molecule has 8 nitrogen and oxygen atoms in total. The Hall–Kier alpha value is -3.26. The highest BCUT2D eigenvalue weighted by Crippen LogP contribution is 2.30. The number of benzene rings is 1. The van der Waals surface area contributed by atoms with Gasteiger partial charge in [-0.15, -0.1) is 15.3 Å². The Balaban J connectivity index is 1.31. The molecular weight excluding hydrogens is 344 g/mol. The van der Waals surface area contributed by atoms with Crippen molar-refractivity contribution >= 4 is 0 Å². The molecule has 3 aromatic rings. The van der Waals surface area contributed by atoms with Crippen LogP contribution in [0.25, 0.3) is 16.9 Å². The largest absolute Gasteiger partial charge is 0.507 e. The lowest BCUT2D eigenvalue weighted by atomic mass is 10.0. The highest BCUT2D eigenvalue weighted by atomic mass is 16.5. The van der Waals surface area contributed by atoms with Crippen LogP contribution in [0.5, 0.6) is 11.6 Å². The van der Waals surface area contributed by atoms with E-state index in [0.29, 0.717) is 29.2 Å². The summed E-state index contributed by atoms with van der Waals surface area (Å²) >= 11 is 0. The van der Waals surface area contributed by atoms with Gasteiger partial charge in [-0.05, 0) is 18.2 Å². The van der Waals surface area contributed by atoms with Gasteiger partial charge in [0.1, 0.15) is 11.9 Å². The number of rotatable bonds is 4. The van der Waals surface area contributed by atoms with Gasteiger partial charge in [0.15, 0.2) is 0 Å². The predicted molar refractivity (Wildman–Crippen MR) is 97.6 cm³/mol. The number of hydrogen-bond acceptors (Lipinski definition) is 7. The number of phenolic OH excluding ortho intramolecular Hbond substituents is 1. The smallest absolute Gasteiger partial charge is 0.233 e. The fourth-order valence-electron chi connectivity index (χ4n) is 3.63. The van der Waals surface area contributed by atoms with Crippen LogP contribution in [-0.2, 0) is 0 Å². The van der Waals surface area contributed by atoms with Crippen molar-refractivity contribution in [1.82, 2.24) is 30.5 Å². The second-order valence-corrected chi connectivity index (χ2v) is 6.78. The van der Waals surface area contributed by atoms with Crippen LogP contribution < -0.4 is 10.1 Å². The minimum atomic E-state index is 0.104. The summed E-state index contributed by atoms with van der Waals surface area (Å²) in [6.07, 6.45) is 9.69. The zero-order valence-corrected chi connectivity index (χ0v) is 14.4. The van der Waals surface area contributed by atoms with E-state index in [1.165, 1.54) is 0 Å². The summed E-state index contributed by atoms with van der Waals surface area (Å²) in [4.78, 5) is 0. The van der Waals surface area contributed by atoms with Crippen molar-refractivity contribution in [2.75, 3.05) is 0 Å². The molecule has 0 radical (unpaired) electrons. The molecule has 4 heterocycles. The van der Waals surface area contributed by atoms with Crippen molar-refractivity contribution in [2.45, 2.75) is 31.0 Å². The van der Waals surface area contributed by atoms with E-state index in [2.05, 4.69) is 38.0 Å². The summed E-state index contributed by atoms with van der Waals surface area (Å²) in [7, 11) is 0. The number of aromatic nitrogens is 5. The van der Waals surface area contributed by atoms with Crippen LogP contribution >= 0.6 is 0 Å². The first-order valence-corrected chi connectivity index (χ1v) is 8.89. The minimum absolute atomic E-state index is 0.104. The maximum atomic E-state index is 10.4. The highest BCUT2D eigenvalue weighted by Gasteiger charge is 2.30. The van der Waals surface area contributed by atoms with E-state index in [1.807, 2.05) is 6.07 Å². The van der Waals surface area contributed by atoms with Crippen LogP contribution in [0.2, 0.25) is 0 Å². The lowest BCUT2D eigenvalue weighted by Crippen LogP contribution is -2.43. The predicted octanol–water partition coefficient (Wildman–Crippen LogP) is 1.87. The quantitative estimate of drug-likeness (QED) is 0.684. The molecule has 0 spiro atoms. The summed E-state index contributed by atoms with van der Waals surface area (Å²) in [5, 5.41) is 29.9. The Labute approximate surface area is 155 Å². The molecule has 1 aromatic carbocycles. The van der Waals surface area contributed by atoms with Crippen molar-refractivity contribution in [3.63, 3.8) is 0 Å².